The lowest BCUT2D eigenvalue weighted by atomic mass is 10.2. The van der Waals surface area contributed by atoms with Crippen LogP contribution in [0, 0.1) is 0 Å². The van der Waals surface area contributed by atoms with E-state index in [9.17, 15) is 5.11 Å². The Morgan fingerprint density at radius 1 is 1.26 bits per heavy atom. The van der Waals surface area contributed by atoms with Crippen LogP contribution in [0.2, 0.25) is 0 Å². The van der Waals surface area contributed by atoms with Gasteiger partial charge in [-0.3, -0.25) is 14.9 Å². The van der Waals surface area contributed by atoms with Crippen molar-refractivity contribution in [1.29, 1.82) is 0 Å². The van der Waals surface area contributed by atoms with E-state index < -0.39 is 6.10 Å². The highest BCUT2D eigenvalue weighted by molar-refractivity contribution is 5.28. The van der Waals surface area contributed by atoms with E-state index in [1.807, 2.05) is 18.2 Å². The van der Waals surface area contributed by atoms with Crippen molar-refractivity contribution >= 4 is 0 Å². The SMILES string of the molecule is O[C@H](COc1cccc(CNCCc2cnccn2)c1)CN1CCOCC1. The molecule has 0 bridgehead atoms. The molecule has 0 amide bonds. The first-order valence-corrected chi connectivity index (χ1v) is 9.45. The molecule has 2 heterocycles. The smallest absolute Gasteiger partial charge is 0.119 e. The van der Waals surface area contributed by atoms with Gasteiger partial charge >= 0.3 is 0 Å². The maximum absolute atomic E-state index is 10.2. The summed E-state index contributed by atoms with van der Waals surface area (Å²) in [5, 5.41) is 13.6. The van der Waals surface area contributed by atoms with Crippen LogP contribution in [0.5, 0.6) is 5.75 Å². The first kappa shape index (κ1) is 19.7. The van der Waals surface area contributed by atoms with Crippen LogP contribution in [-0.4, -0.2) is 72.1 Å². The Hall–Kier alpha value is -2.06. The maximum atomic E-state index is 10.2. The zero-order chi connectivity index (χ0) is 18.7. The molecule has 2 aromatic rings. The Morgan fingerprint density at radius 2 is 2.15 bits per heavy atom. The van der Waals surface area contributed by atoms with Gasteiger partial charge in [-0.2, -0.15) is 0 Å². The molecule has 1 aliphatic heterocycles. The van der Waals surface area contributed by atoms with Gasteiger partial charge in [-0.05, 0) is 17.7 Å². The maximum Gasteiger partial charge on any atom is 0.119 e. The molecule has 1 aromatic heterocycles. The summed E-state index contributed by atoms with van der Waals surface area (Å²) in [7, 11) is 0. The molecular weight excluding hydrogens is 344 g/mol. The number of nitrogens with one attached hydrogen (secondary N) is 1. The van der Waals surface area contributed by atoms with Gasteiger partial charge in [-0.1, -0.05) is 12.1 Å². The highest BCUT2D eigenvalue weighted by Crippen LogP contribution is 2.14. The summed E-state index contributed by atoms with van der Waals surface area (Å²) in [4.78, 5) is 10.5. The highest BCUT2D eigenvalue weighted by atomic mass is 16.5. The summed E-state index contributed by atoms with van der Waals surface area (Å²) in [5.74, 6) is 0.782. The molecule has 7 nitrogen and oxygen atoms in total. The Labute approximate surface area is 160 Å². The molecule has 0 unspecified atom stereocenters. The van der Waals surface area contributed by atoms with Crippen LogP contribution in [-0.2, 0) is 17.7 Å². The minimum absolute atomic E-state index is 0.293. The number of aromatic nitrogens is 2. The third kappa shape index (κ3) is 7.22. The fourth-order valence-corrected chi connectivity index (χ4v) is 2.98. The average Bonchev–Trinajstić information content (AvgIpc) is 2.72. The van der Waals surface area contributed by atoms with Crippen molar-refractivity contribution in [3.63, 3.8) is 0 Å². The molecule has 1 atom stereocenters. The zero-order valence-electron chi connectivity index (χ0n) is 15.6. The molecule has 7 heteroatoms. The van der Waals surface area contributed by atoms with Crippen LogP contribution in [0.4, 0.5) is 0 Å². The number of ether oxygens (including phenoxy) is 2. The number of β-amino-alcohol motifs (C(OH)–C–C–N with tert-alkyl or cyclic N) is 1. The van der Waals surface area contributed by atoms with Crippen molar-refractivity contribution in [2.75, 3.05) is 46.0 Å². The topological polar surface area (TPSA) is 79.7 Å². The van der Waals surface area contributed by atoms with E-state index in [-0.39, 0.29) is 0 Å². The van der Waals surface area contributed by atoms with E-state index in [1.165, 1.54) is 0 Å². The van der Waals surface area contributed by atoms with Crippen molar-refractivity contribution in [2.24, 2.45) is 0 Å². The predicted octanol–water partition coefficient (Wildman–Crippen LogP) is 0.881. The van der Waals surface area contributed by atoms with Crippen molar-refractivity contribution in [1.82, 2.24) is 20.2 Å². The van der Waals surface area contributed by atoms with E-state index in [4.69, 9.17) is 9.47 Å². The predicted molar refractivity (Wildman–Crippen MR) is 103 cm³/mol. The Morgan fingerprint density at radius 3 is 2.96 bits per heavy atom. The normalized spacial score (nSPS) is 16.2. The molecule has 0 spiro atoms. The molecule has 1 saturated heterocycles. The third-order valence-electron chi connectivity index (χ3n) is 4.42. The second-order valence-electron chi connectivity index (χ2n) is 6.65. The number of aliphatic hydroxyl groups is 1. The third-order valence-corrected chi connectivity index (χ3v) is 4.42. The van der Waals surface area contributed by atoms with Crippen molar-refractivity contribution in [3.8, 4) is 5.75 Å². The molecule has 2 N–H and O–H groups in total. The molecule has 0 saturated carbocycles. The zero-order valence-corrected chi connectivity index (χ0v) is 15.6. The first-order valence-electron chi connectivity index (χ1n) is 9.45. The van der Waals surface area contributed by atoms with Crippen molar-refractivity contribution in [2.45, 2.75) is 19.1 Å². The number of nitrogens with zero attached hydrogens (tertiary/aromatic N) is 3. The summed E-state index contributed by atoms with van der Waals surface area (Å²) in [6.45, 7) is 5.71. The Bertz CT molecular complexity index is 665. The van der Waals surface area contributed by atoms with Gasteiger partial charge in [0, 0.05) is 57.7 Å². The van der Waals surface area contributed by atoms with Crippen LogP contribution in [0.3, 0.4) is 0 Å². The van der Waals surface area contributed by atoms with E-state index in [0.717, 1.165) is 62.8 Å². The number of rotatable bonds is 10. The van der Waals surface area contributed by atoms with Crippen LogP contribution < -0.4 is 10.1 Å². The number of hydrogen-bond donors (Lipinski definition) is 2. The number of morpholine rings is 1. The van der Waals surface area contributed by atoms with Gasteiger partial charge in [0.25, 0.3) is 0 Å². The first-order chi connectivity index (χ1) is 13.3. The fraction of sp³-hybridized carbons (Fsp3) is 0.500. The molecule has 146 valence electrons. The minimum Gasteiger partial charge on any atom is -0.491 e. The molecule has 0 radical (unpaired) electrons. The van der Waals surface area contributed by atoms with Gasteiger partial charge in [0.2, 0.25) is 0 Å². The van der Waals surface area contributed by atoms with Gasteiger partial charge in [0.15, 0.2) is 0 Å². The lowest BCUT2D eigenvalue weighted by Gasteiger charge is -2.28. The molecule has 1 fully saturated rings. The van der Waals surface area contributed by atoms with Crippen molar-refractivity contribution in [3.05, 3.63) is 54.1 Å². The van der Waals surface area contributed by atoms with Gasteiger partial charge in [-0.25, -0.2) is 0 Å². The molecule has 1 aliphatic rings. The molecule has 0 aliphatic carbocycles. The van der Waals surface area contributed by atoms with E-state index in [1.54, 1.807) is 18.6 Å². The standard InChI is InChI=1S/C20H28N4O3/c25-19(15-24-8-10-26-11-9-24)16-27-20-3-1-2-17(12-20)13-21-5-4-18-14-22-6-7-23-18/h1-3,6-7,12,14,19,21,25H,4-5,8-11,13,15-16H2/t19-/m0/s1. The number of hydrogen-bond acceptors (Lipinski definition) is 7. The van der Waals surface area contributed by atoms with Gasteiger partial charge in [0.1, 0.15) is 18.5 Å². The van der Waals surface area contributed by atoms with Gasteiger partial charge < -0.3 is 19.9 Å². The van der Waals surface area contributed by atoms with Gasteiger partial charge in [-0.15, -0.1) is 0 Å². The number of benzene rings is 1. The summed E-state index contributed by atoms with van der Waals surface area (Å²) in [6.07, 6.45) is 5.52. The summed E-state index contributed by atoms with van der Waals surface area (Å²) < 4.78 is 11.1. The molecule has 1 aromatic carbocycles. The second-order valence-corrected chi connectivity index (χ2v) is 6.65. The molecule has 3 rings (SSSR count). The van der Waals surface area contributed by atoms with Crippen LogP contribution in [0.15, 0.2) is 42.9 Å². The summed E-state index contributed by atoms with van der Waals surface area (Å²) in [5.41, 5.74) is 2.13. The summed E-state index contributed by atoms with van der Waals surface area (Å²) in [6, 6.07) is 7.97. The van der Waals surface area contributed by atoms with Crippen LogP contribution >= 0.6 is 0 Å². The largest absolute Gasteiger partial charge is 0.491 e. The Balaban J connectivity index is 1.36. The van der Waals surface area contributed by atoms with Crippen LogP contribution in [0.25, 0.3) is 0 Å². The molecule has 27 heavy (non-hydrogen) atoms. The lowest BCUT2D eigenvalue weighted by molar-refractivity contribution is 0.00465. The van der Waals surface area contributed by atoms with E-state index in [0.29, 0.717) is 13.2 Å². The van der Waals surface area contributed by atoms with Gasteiger partial charge in [0.05, 0.1) is 18.9 Å². The highest BCUT2D eigenvalue weighted by Gasteiger charge is 2.15. The number of aliphatic hydroxyl groups excluding tert-OH is 1. The second kappa shape index (κ2) is 10.9. The lowest BCUT2D eigenvalue weighted by Crippen LogP contribution is -2.42. The van der Waals surface area contributed by atoms with E-state index >= 15 is 0 Å². The average molecular weight is 372 g/mol. The van der Waals surface area contributed by atoms with Crippen molar-refractivity contribution < 1.29 is 14.6 Å². The summed E-state index contributed by atoms with van der Waals surface area (Å²) >= 11 is 0. The molecular formula is C20H28N4O3. The van der Waals surface area contributed by atoms with Crippen LogP contribution in [0.1, 0.15) is 11.3 Å². The van der Waals surface area contributed by atoms with E-state index in [2.05, 4.69) is 26.3 Å². The fourth-order valence-electron chi connectivity index (χ4n) is 2.98. The Kier molecular flexibility index (Phi) is 7.98. The monoisotopic (exact) mass is 372 g/mol. The quantitative estimate of drug-likeness (QED) is 0.599. The minimum atomic E-state index is -0.503.